The van der Waals surface area contributed by atoms with Crippen LogP contribution in [0.2, 0.25) is 0 Å². The lowest BCUT2D eigenvalue weighted by Crippen LogP contribution is -2.21. The summed E-state index contributed by atoms with van der Waals surface area (Å²) in [6.07, 6.45) is 4.64. The monoisotopic (exact) mass is 394 g/mol. The summed E-state index contributed by atoms with van der Waals surface area (Å²) >= 11 is 3.20. The number of rotatable bonds is 16. The Balaban J connectivity index is 3.19. The van der Waals surface area contributed by atoms with Crippen LogP contribution in [-0.4, -0.2) is 68.1 Å². The maximum Gasteiger partial charge on any atom is 0.279 e. The number of ether oxygens (including phenoxy) is 2. The number of hydrogen-bond donors (Lipinski definition) is 2. The molecule has 25 heavy (non-hydrogen) atoms. The third-order valence-electron chi connectivity index (χ3n) is 3.22. The topological polar surface area (TPSA) is 59.6 Å². The SMILES string of the molecule is CNCCCCCCNC(=O)SCCOCCOCCSC(C)(C)C. The number of carbonyl (C=O) groups excluding carboxylic acids is 1. The molecule has 0 aromatic heterocycles. The number of amides is 1. The van der Waals surface area contributed by atoms with Gasteiger partial charge < -0.3 is 20.1 Å². The van der Waals surface area contributed by atoms with Gasteiger partial charge in [0.05, 0.1) is 26.4 Å². The summed E-state index contributed by atoms with van der Waals surface area (Å²) in [4.78, 5) is 11.6. The molecule has 7 heteroatoms. The zero-order valence-corrected chi connectivity index (χ0v) is 18.2. The van der Waals surface area contributed by atoms with Crippen molar-refractivity contribution in [3.8, 4) is 0 Å². The van der Waals surface area contributed by atoms with Crippen LogP contribution in [0.15, 0.2) is 0 Å². The number of nitrogens with one attached hydrogen (secondary N) is 2. The van der Waals surface area contributed by atoms with Gasteiger partial charge in [-0.1, -0.05) is 45.4 Å². The summed E-state index contributed by atoms with van der Waals surface area (Å²) in [5, 5.41) is 6.13. The van der Waals surface area contributed by atoms with E-state index in [2.05, 4.69) is 31.4 Å². The average molecular weight is 395 g/mol. The lowest BCUT2D eigenvalue weighted by Gasteiger charge is -2.17. The molecule has 1 amide bonds. The van der Waals surface area contributed by atoms with E-state index in [9.17, 15) is 4.79 Å². The number of thioether (sulfide) groups is 2. The van der Waals surface area contributed by atoms with Crippen LogP contribution in [-0.2, 0) is 9.47 Å². The van der Waals surface area contributed by atoms with Gasteiger partial charge in [-0.25, -0.2) is 0 Å². The van der Waals surface area contributed by atoms with Gasteiger partial charge in [0.15, 0.2) is 0 Å². The van der Waals surface area contributed by atoms with E-state index in [0.29, 0.717) is 30.3 Å². The van der Waals surface area contributed by atoms with E-state index in [1.807, 2.05) is 18.8 Å². The molecule has 2 N–H and O–H groups in total. The fraction of sp³-hybridized carbons (Fsp3) is 0.944. The van der Waals surface area contributed by atoms with Crippen LogP contribution in [0.25, 0.3) is 0 Å². The van der Waals surface area contributed by atoms with E-state index in [-0.39, 0.29) is 5.24 Å². The van der Waals surface area contributed by atoms with Crippen molar-refractivity contribution >= 4 is 28.8 Å². The Hall–Kier alpha value is 0.0500. The first kappa shape index (κ1) is 25.1. The molecule has 0 saturated carbocycles. The Morgan fingerprint density at radius 1 is 0.880 bits per heavy atom. The maximum atomic E-state index is 11.6. The molecular weight excluding hydrogens is 356 g/mol. The highest BCUT2D eigenvalue weighted by Gasteiger charge is 2.09. The Morgan fingerprint density at radius 2 is 1.48 bits per heavy atom. The molecule has 0 aliphatic carbocycles. The van der Waals surface area contributed by atoms with E-state index in [1.54, 1.807) is 0 Å². The zero-order valence-electron chi connectivity index (χ0n) is 16.5. The molecule has 0 atom stereocenters. The summed E-state index contributed by atoms with van der Waals surface area (Å²) in [5.74, 6) is 1.70. The van der Waals surface area contributed by atoms with Crippen molar-refractivity contribution in [3.63, 3.8) is 0 Å². The van der Waals surface area contributed by atoms with Gasteiger partial charge >= 0.3 is 0 Å². The molecule has 0 aromatic carbocycles. The molecule has 0 aliphatic rings. The smallest absolute Gasteiger partial charge is 0.279 e. The van der Waals surface area contributed by atoms with E-state index in [0.717, 1.165) is 31.9 Å². The maximum absolute atomic E-state index is 11.6. The summed E-state index contributed by atoms with van der Waals surface area (Å²) in [6, 6.07) is 0. The Morgan fingerprint density at radius 3 is 2.08 bits per heavy atom. The quantitative estimate of drug-likeness (QED) is 0.389. The summed E-state index contributed by atoms with van der Waals surface area (Å²) in [6.45, 7) is 11.0. The predicted molar refractivity (Wildman–Crippen MR) is 112 cm³/mol. The summed E-state index contributed by atoms with van der Waals surface area (Å²) < 4.78 is 11.3. The predicted octanol–water partition coefficient (Wildman–Crippen LogP) is 3.77. The molecule has 0 saturated heterocycles. The molecule has 0 unspecified atom stereocenters. The highest BCUT2D eigenvalue weighted by Crippen LogP contribution is 2.22. The lowest BCUT2D eigenvalue weighted by molar-refractivity contribution is 0.0604. The van der Waals surface area contributed by atoms with Crippen molar-refractivity contribution in [2.75, 3.05) is 58.1 Å². The average Bonchev–Trinajstić information content (AvgIpc) is 2.54. The van der Waals surface area contributed by atoms with Crippen molar-refractivity contribution in [3.05, 3.63) is 0 Å². The van der Waals surface area contributed by atoms with Gasteiger partial charge in [-0.3, -0.25) is 4.79 Å². The van der Waals surface area contributed by atoms with Gasteiger partial charge in [0.25, 0.3) is 5.24 Å². The van der Waals surface area contributed by atoms with Crippen LogP contribution in [0.5, 0.6) is 0 Å². The second kappa shape index (κ2) is 17.5. The molecular formula is C18H38N2O3S2. The van der Waals surface area contributed by atoms with Crippen LogP contribution in [0.3, 0.4) is 0 Å². The van der Waals surface area contributed by atoms with Gasteiger partial charge in [0, 0.05) is 22.8 Å². The van der Waals surface area contributed by atoms with Crippen LogP contribution >= 0.6 is 23.5 Å². The van der Waals surface area contributed by atoms with Crippen molar-refractivity contribution in [2.24, 2.45) is 0 Å². The number of hydrogen-bond acceptors (Lipinski definition) is 6. The van der Waals surface area contributed by atoms with Crippen molar-refractivity contribution in [1.82, 2.24) is 10.6 Å². The van der Waals surface area contributed by atoms with Crippen molar-refractivity contribution in [1.29, 1.82) is 0 Å². The first-order valence-electron chi connectivity index (χ1n) is 9.30. The highest BCUT2D eigenvalue weighted by molar-refractivity contribution is 8.13. The summed E-state index contributed by atoms with van der Waals surface area (Å²) in [7, 11) is 1.97. The summed E-state index contributed by atoms with van der Waals surface area (Å²) in [5.41, 5.74) is 0. The lowest BCUT2D eigenvalue weighted by atomic mass is 10.2. The van der Waals surface area contributed by atoms with Crippen LogP contribution in [0, 0.1) is 0 Å². The fourth-order valence-corrected chi connectivity index (χ4v) is 3.35. The van der Waals surface area contributed by atoms with Crippen molar-refractivity contribution in [2.45, 2.75) is 51.2 Å². The third-order valence-corrected chi connectivity index (χ3v) is 5.23. The minimum atomic E-state index is 0.0503. The molecule has 0 aliphatic heterocycles. The molecule has 0 radical (unpaired) electrons. The third kappa shape index (κ3) is 22.0. The van der Waals surface area contributed by atoms with E-state index in [4.69, 9.17) is 9.47 Å². The van der Waals surface area contributed by atoms with E-state index in [1.165, 1.54) is 31.0 Å². The van der Waals surface area contributed by atoms with Gasteiger partial charge in [-0.2, -0.15) is 11.8 Å². The van der Waals surface area contributed by atoms with E-state index >= 15 is 0 Å². The number of unbranched alkanes of at least 4 members (excludes halogenated alkanes) is 3. The first-order chi connectivity index (χ1) is 12.0. The van der Waals surface area contributed by atoms with Gasteiger partial charge in [0.2, 0.25) is 0 Å². The Kier molecular flexibility index (Phi) is 17.5. The molecule has 0 rings (SSSR count). The molecule has 5 nitrogen and oxygen atoms in total. The van der Waals surface area contributed by atoms with Gasteiger partial charge in [-0.05, 0) is 26.4 Å². The zero-order chi connectivity index (χ0) is 18.8. The standard InChI is InChI=1S/C18H38N2O3S2/c1-18(2,3)25-16-14-23-12-11-22-13-15-24-17(21)20-10-8-6-5-7-9-19-4/h19H,5-16H2,1-4H3,(H,20,21). The van der Waals surface area contributed by atoms with E-state index < -0.39 is 0 Å². The fourth-order valence-electron chi connectivity index (χ4n) is 1.94. The van der Waals surface area contributed by atoms with Crippen LogP contribution in [0.1, 0.15) is 46.5 Å². The highest BCUT2D eigenvalue weighted by atomic mass is 32.2. The normalized spacial score (nSPS) is 11.7. The Bertz CT molecular complexity index is 313. The largest absolute Gasteiger partial charge is 0.378 e. The van der Waals surface area contributed by atoms with Gasteiger partial charge in [-0.15, -0.1) is 0 Å². The van der Waals surface area contributed by atoms with Crippen molar-refractivity contribution < 1.29 is 14.3 Å². The number of carbonyl (C=O) groups is 1. The first-order valence-corrected chi connectivity index (χ1v) is 11.3. The molecule has 0 heterocycles. The van der Waals surface area contributed by atoms with Crippen LogP contribution in [0.4, 0.5) is 4.79 Å². The second-order valence-electron chi connectivity index (χ2n) is 6.77. The van der Waals surface area contributed by atoms with Crippen LogP contribution < -0.4 is 10.6 Å². The van der Waals surface area contributed by atoms with Gasteiger partial charge in [0.1, 0.15) is 0 Å². The molecule has 150 valence electrons. The second-order valence-corrected chi connectivity index (χ2v) is 9.76. The Labute approximate surface area is 163 Å². The molecule has 0 bridgehead atoms. The molecule has 0 spiro atoms. The molecule has 0 fully saturated rings. The minimum Gasteiger partial charge on any atom is -0.378 e. The minimum absolute atomic E-state index is 0.0503. The molecule has 0 aromatic rings.